The molecule has 78 valence electrons. The van der Waals surface area contributed by atoms with Gasteiger partial charge in [0.15, 0.2) is 0 Å². The minimum absolute atomic E-state index is 0.0130. The Hall–Kier alpha value is -0.400. The highest BCUT2D eigenvalue weighted by Gasteiger charge is 2.06. The van der Waals surface area contributed by atoms with Crippen molar-refractivity contribution in [2.45, 2.75) is 46.4 Å². The van der Waals surface area contributed by atoms with E-state index in [1.807, 2.05) is 0 Å². The molecule has 0 aliphatic heterocycles. The van der Waals surface area contributed by atoms with Crippen molar-refractivity contribution in [3.8, 4) is 23.7 Å². The fourth-order valence-electron chi connectivity index (χ4n) is 0.596. The fraction of sp³-hybridized carbons (Fsp3) is 0.692. The van der Waals surface area contributed by atoms with Crippen LogP contribution in [0.15, 0.2) is 0 Å². The van der Waals surface area contributed by atoms with E-state index in [0.717, 1.165) is 0 Å². The normalized spacial score (nSPS) is 11.4. The van der Waals surface area contributed by atoms with Crippen molar-refractivity contribution < 1.29 is 0 Å². The van der Waals surface area contributed by atoms with Gasteiger partial charge in [0.2, 0.25) is 0 Å². The van der Waals surface area contributed by atoms with E-state index in [0.29, 0.717) is 0 Å². The van der Waals surface area contributed by atoms with Crippen molar-refractivity contribution >= 4 is 15.9 Å². The summed E-state index contributed by atoms with van der Waals surface area (Å²) in [5.41, 5.74) is 0.102. The molecule has 0 aromatic carbocycles. The van der Waals surface area contributed by atoms with E-state index in [-0.39, 0.29) is 15.7 Å². The maximum Gasteiger partial charge on any atom is 0.136 e. The molecule has 0 heterocycles. The van der Waals surface area contributed by atoms with Gasteiger partial charge in [-0.05, 0) is 41.5 Å². The van der Waals surface area contributed by atoms with E-state index in [1.165, 1.54) is 0 Å². The Morgan fingerprint density at radius 3 is 1.29 bits per heavy atom. The summed E-state index contributed by atoms with van der Waals surface area (Å²) in [4.78, 5) is -0.0130. The van der Waals surface area contributed by atoms with Crippen LogP contribution in [-0.4, -0.2) is 4.83 Å². The number of hydrogen-bond acceptors (Lipinski definition) is 0. The fourth-order valence-corrected chi connectivity index (χ4v) is 0.825. The molecule has 0 fully saturated rings. The Bertz CT molecular complexity index is 259. The van der Waals surface area contributed by atoms with E-state index in [2.05, 4.69) is 81.2 Å². The Morgan fingerprint density at radius 2 is 1.07 bits per heavy atom. The predicted octanol–water partition coefficient (Wildman–Crippen LogP) is 3.85. The van der Waals surface area contributed by atoms with Crippen LogP contribution in [0, 0.1) is 34.5 Å². The smallest absolute Gasteiger partial charge is 0.0951 e. The lowest BCUT2D eigenvalue weighted by Gasteiger charge is -2.08. The highest BCUT2D eigenvalue weighted by molar-refractivity contribution is 9.09. The summed E-state index contributed by atoms with van der Waals surface area (Å²) in [6, 6.07) is 0. The van der Waals surface area contributed by atoms with Crippen LogP contribution in [0.25, 0.3) is 0 Å². The van der Waals surface area contributed by atoms with Gasteiger partial charge in [-0.2, -0.15) is 0 Å². The SMILES string of the molecule is CC(C)(C)C#CC(Br)C#CC(C)(C)C. The van der Waals surface area contributed by atoms with Crippen LogP contribution in [0.2, 0.25) is 0 Å². The Labute approximate surface area is 97.0 Å². The molecule has 0 saturated carbocycles. The lowest BCUT2D eigenvalue weighted by Crippen LogP contribution is -2.03. The minimum atomic E-state index is -0.0130. The summed E-state index contributed by atoms with van der Waals surface area (Å²) in [7, 11) is 0. The lowest BCUT2D eigenvalue weighted by atomic mass is 9.97. The van der Waals surface area contributed by atoms with Gasteiger partial charge >= 0.3 is 0 Å². The Balaban J connectivity index is 4.42. The number of halogens is 1. The van der Waals surface area contributed by atoms with E-state index >= 15 is 0 Å². The third-order valence-electron chi connectivity index (χ3n) is 1.15. The molecule has 0 nitrogen and oxygen atoms in total. The molecule has 0 rings (SSSR count). The first-order valence-corrected chi connectivity index (χ1v) is 5.71. The number of hydrogen-bond donors (Lipinski definition) is 0. The average Bonchev–Trinajstić information content (AvgIpc) is 1.94. The van der Waals surface area contributed by atoms with Gasteiger partial charge in [-0.3, -0.25) is 0 Å². The highest BCUT2D eigenvalue weighted by Crippen LogP contribution is 2.12. The van der Waals surface area contributed by atoms with Crippen LogP contribution < -0.4 is 0 Å². The topological polar surface area (TPSA) is 0 Å². The zero-order valence-corrected chi connectivity index (χ0v) is 11.5. The standard InChI is InChI=1S/C13H19Br/c1-12(2,3)9-7-11(14)8-10-13(4,5)6/h11H,1-6H3. The maximum absolute atomic E-state index is 3.44. The zero-order valence-electron chi connectivity index (χ0n) is 9.96. The number of rotatable bonds is 0. The van der Waals surface area contributed by atoms with Crippen molar-refractivity contribution in [3.63, 3.8) is 0 Å². The summed E-state index contributed by atoms with van der Waals surface area (Å²) in [5, 5.41) is 0. The van der Waals surface area contributed by atoms with Crippen molar-refractivity contribution in [3.05, 3.63) is 0 Å². The second-order valence-corrected chi connectivity index (χ2v) is 6.32. The molecule has 1 heteroatoms. The molecular weight excluding hydrogens is 236 g/mol. The highest BCUT2D eigenvalue weighted by atomic mass is 79.9. The van der Waals surface area contributed by atoms with Gasteiger partial charge in [0.1, 0.15) is 4.83 Å². The van der Waals surface area contributed by atoms with Gasteiger partial charge in [0, 0.05) is 10.8 Å². The van der Waals surface area contributed by atoms with E-state index in [1.54, 1.807) is 0 Å². The minimum Gasteiger partial charge on any atom is -0.0951 e. The van der Waals surface area contributed by atoms with Crippen molar-refractivity contribution in [1.82, 2.24) is 0 Å². The molecule has 14 heavy (non-hydrogen) atoms. The van der Waals surface area contributed by atoms with Gasteiger partial charge < -0.3 is 0 Å². The van der Waals surface area contributed by atoms with Crippen LogP contribution in [-0.2, 0) is 0 Å². The van der Waals surface area contributed by atoms with Gasteiger partial charge in [-0.15, -0.1) is 0 Å². The molecule has 0 aliphatic carbocycles. The van der Waals surface area contributed by atoms with Crippen LogP contribution in [0.5, 0.6) is 0 Å². The first kappa shape index (κ1) is 13.6. The molecule has 0 spiro atoms. The first-order valence-electron chi connectivity index (χ1n) is 4.80. The summed E-state index contributed by atoms with van der Waals surface area (Å²) in [5.74, 6) is 12.5. The Morgan fingerprint density at radius 1 is 0.786 bits per heavy atom. The third-order valence-corrected chi connectivity index (χ3v) is 1.61. The van der Waals surface area contributed by atoms with E-state index in [9.17, 15) is 0 Å². The van der Waals surface area contributed by atoms with E-state index < -0.39 is 0 Å². The second kappa shape index (κ2) is 4.90. The summed E-state index contributed by atoms with van der Waals surface area (Å²) in [6.45, 7) is 12.6. The van der Waals surface area contributed by atoms with Crippen LogP contribution >= 0.6 is 15.9 Å². The molecule has 0 N–H and O–H groups in total. The summed E-state index contributed by atoms with van der Waals surface area (Å²) in [6.07, 6.45) is 0. The van der Waals surface area contributed by atoms with Gasteiger partial charge in [-0.1, -0.05) is 39.6 Å². The van der Waals surface area contributed by atoms with E-state index in [4.69, 9.17) is 0 Å². The van der Waals surface area contributed by atoms with Crippen LogP contribution in [0.3, 0.4) is 0 Å². The van der Waals surface area contributed by atoms with Crippen molar-refractivity contribution in [2.24, 2.45) is 10.8 Å². The van der Waals surface area contributed by atoms with Crippen LogP contribution in [0.1, 0.15) is 41.5 Å². The monoisotopic (exact) mass is 254 g/mol. The molecule has 0 aliphatic rings. The van der Waals surface area contributed by atoms with Gasteiger partial charge in [0.25, 0.3) is 0 Å². The largest absolute Gasteiger partial charge is 0.136 e. The molecule has 0 radical (unpaired) electrons. The summed E-state index contributed by atoms with van der Waals surface area (Å²) < 4.78 is 0. The van der Waals surface area contributed by atoms with Crippen molar-refractivity contribution in [2.75, 3.05) is 0 Å². The molecule has 0 amide bonds. The first-order chi connectivity index (χ1) is 6.10. The van der Waals surface area contributed by atoms with Crippen LogP contribution in [0.4, 0.5) is 0 Å². The third kappa shape index (κ3) is 9.69. The molecule has 0 unspecified atom stereocenters. The second-order valence-electron chi connectivity index (χ2n) is 5.40. The molecular formula is C13H19Br. The lowest BCUT2D eigenvalue weighted by molar-refractivity contribution is 0.570. The van der Waals surface area contributed by atoms with Crippen molar-refractivity contribution in [1.29, 1.82) is 0 Å². The molecule has 0 saturated heterocycles. The maximum atomic E-state index is 3.44. The zero-order chi connectivity index (χ0) is 11.4. The molecule has 0 bridgehead atoms. The molecule has 0 atom stereocenters. The number of alkyl halides is 1. The summed E-state index contributed by atoms with van der Waals surface area (Å²) >= 11 is 3.44. The quantitative estimate of drug-likeness (QED) is 0.455. The predicted molar refractivity (Wildman–Crippen MR) is 67.2 cm³/mol. The van der Waals surface area contributed by atoms with Gasteiger partial charge in [-0.25, -0.2) is 0 Å². The Kier molecular flexibility index (Phi) is 4.76. The van der Waals surface area contributed by atoms with Gasteiger partial charge in [0.05, 0.1) is 0 Å². The molecule has 0 aromatic rings. The molecule has 0 aromatic heterocycles. The average molecular weight is 255 g/mol.